The first kappa shape index (κ1) is 26.2. The summed E-state index contributed by atoms with van der Waals surface area (Å²) in [6.45, 7) is 4.66. The van der Waals surface area contributed by atoms with E-state index in [-0.39, 0.29) is 35.6 Å². The maximum atomic E-state index is 13.5. The Morgan fingerprint density at radius 1 is 1.18 bits per heavy atom. The van der Waals surface area contributed by atoms with Gasteiger partial charge in [0.2, 0.25) is 5.91 Å². The zero-order valence-electron chi connectivity index (χ0n) is 22.8. The van der Waals surface area contributed by atoms with Crippen LogP contribution in [0.3, 0.4) is 0 Å². The summed E-state index contributed by atoms with van der Waals surface area (Å²) in [5.74, 6) is 0.848. The summed E-state index contributed by atoms with van der Waals surface area (Å²) in [5.41, 5.74) is 1.01. The molecule has 10 heteroatoms. The summed E-state index contributed by atoms with van der Waals surface area (Å²) in [4.78, 5) is 33.2. The Morgan fingerprint density at radius 3 is 2.52 bits per heavy atom. The number of morpholine rings is 1. The van der Waals surface area contributed by atoms with Crippen molar-refractivity contribution in [3.05, 3.63) is 57.7 Å². The number of ether oxygens (including phenoxy) is 1. The van der Waals surface area contributed by atoms with Gasteiger partial charge in [0.1, 0.15) is 11.5 Å². The van der Waals surface area contributed by atoms with Gasteiger partial charge in [0.15, 0.2) is 5.65 Å². The van der Waals surface area contributed by atoms with E-state index in [4.69, 9.17) is 16.3 Å². The first-order valence-electron chi connectivity index (χ1n) is 14.5. The Hall–Kier alpha value is -2.72. The van der Waals surface area contributed by atoms with Crippen LogP contribution < -0.4 is 10.9 Å². The maximum absolute atomic E-state index is 13.5. The number of carbonyl (C=O) groups is 1. The first-order chi connectivity index (χ1) is 19.3. The molecule has 4 heterocycles. The molecule has 2 aromatic heterocycles. The van der Waals surface area contributed by atoms with Gasteiger partial charge < -0.3 is 20.1 Å². The number of rotatable bonds is 6. The summed E-state index contributed by atoms with van der Waals surface area (Å²) < 4.78 is 9.03. The van der Waals surface area contributed by atoms with Gasteiger partial charge in [0.25, 0.3) is 5.56 Å². The van der Waals surface area contributed by atoms with Gasteiger partial charge in [-0.05, 0) is 75.1 Å². The third kappa shape index (κ3) is 4.57. The lowest BCUT2D eigenvalue weighted by atomic mass is 9.89. The molecular weight excluding hydrogens is 530 g/mol. The monoisotopic (exact) mass is 565 g/mol. The van der Waals surface area contributed by atoms with Crippen molar-refractivity contribution in [2.75, 3.05) is 26.2 Å². The predicted octanol–water partition coefficient (Wildman–Crippen LogP) is 3.43. The number of aliphatic hydroxyl groups is 1. The molecular formula is C30H36ClN5O4. The van der Waals surface area contributed by atoms with E-state index < -0.39 is 5.60 Å². The zero-order valence-corrected chi connectivity index (χ0v) is 23.6. The largest absolute Gasteiger partial charge is 0.388 e. The molecule has 0 spiro atoms. The van der Waals surface area contributed by atoms with Crippen LogP contribution in [0.4, 0.5) is 0 Å². The number of nitrogens with one attached hydrogen (secondary N) is 1. The second-order valence-electron chi connectivity index (χ2n) is 12.4. The molecule has 9 nitrogen and oxygen atoms in total. The molecule has 2 aliphatic heterocycles. The summed E-state index contributed by atoms with van der Waals surface area (Å²) in [6, 6.07) is 9.81. The minimum absolute atomic E-state index is 0.103. The van der Waals surface area contributed by atoms with Crippen molar-refractivity contribution in [2.45, 2.75) is 69.7 Å². The number of amides is 1. The number of benzene rings is 1. The Balaban J connectivity index is 1.07. The zero-order chi connectivity index (χ0) is 27.6. The highest BCUT2D eigenvalue weighted by Gasteiger charge is 2.60. The van der Waals surface area contributed by atoms with Crippen molar-refractivity contribution in [3.63, 3.8) is 0 Å². The van der Waals surface area contributed by atoms with Gasteiger partial charge in [0.05, 0.1) is 41.7 Å². The number of hydrogen-bond acceptors (Lipinski definition) is 6. The molecule has 1 aromatic carbocycles. The van der Waals surface area contributed by atoms with Crippen molar-refractivity contribution in [2.24, 2.45) is 11.3 Å². The smallest absolute Gasteiger partial charge is 0.262 e. The lowest BCUT2D eigenvalue weighted by Crippen LogP contribution is -2.51. The third-order valence-electron chi connectivity index (χ3n) is 9.51. The van der Waals surface area contributed by atoms with E-state index in [9.17, 15) is 14.7 Å². The highest BCUT2D eigenvalue weighted by Crippen LogP contribution is 2.62. The van der Waals surface area contributed by atoms with Gasteiger partial charge in [-0.2, -0.15) is 0 Å². The van der Waals surface area contributed by atoms with Crippen molar-refractivity contribution < 1.29 is 14.6 Å². The molecule has 2 atom stereocenters. The molecule has 2 N–H and O–H groups in total. The minimum Gasteiger partial charge on any atom is -0.388 e. The van der Waals surface area contributed by atoms with Crippen LogP contribution in [0, 0.1) is 11.3 Å². The number of nitrogens with zero attached hydrogens (tertiary/aromatic N) is 4. The number of aromatic nitrogens is 3. The van der Waals surface area contributed by atoms with Gasteiger partial charge in [0, 0.05) is 25.3 Å². The molecule has 2 saturated heterocycles. The van der Waals surface area contributed by atoms with Crippen LogP contribution >= 0.6 is 11.6 Å². The lowest BCUT2D eigenvalue weighted by Gasteiger charge is -2.39. The number of fused-ring (bicyclic) bond motifs is 1. The first-order valence-corrected chi connectivity index (χ1v) is 14.9. The summed E-state index contributed by atoms with van der Waals surface area (Å²) in [6.07, 6.45) is 6.96. The highest BCUT2D eigenvalue weighted by atomic mass is 35.5. The summed E-state index contributed by atoms with van der Waals surface area (Å²) in [5, 5.41) is 15.7. The predicted molar refractivity (Wildman–Crippen MR) is 152 cm³/mol. The number of likely N-dealkylation sites (tertiary alicyclic amines) is 1. The summed E-state index contributed by atoms with van der Waals surface area (Å²) >= 11 is 6.62. The van der Waals surface area contributed by atoms with Gasteiger partial charge >= 0.3 is 0 Å². The van der Waals surface area contributed by atoms with Crippen LogP contribution in [0.1, 0.15) is 57.1 Å². The van der Waals surface area contributed by atoms with E-state index in [1.807, 2.05) is 29.2 Å². The molecule has 2 saturated carbocycles. The molecule has 3 aromatic rings. The summed E-state index contributed by atoms with van der Waals surface area (Å²) in [7, 11) is 0. The molecule has 0 radical (unpaired) electrons. The van der Waals surface area contributed by atoms with Crippen molar-refractivity contribution >= 4 is 28.5 Å². The van der Waals surface area contributed by atoms with Gasteiger partial charge in [-0.15, -0.1) is 0 Å². The Bertz CT molecular complexity index is 1490. The molecule has 4 fully saturated rings. The maximum Gasteiger partial charge on any atom is 0.262 e. The Morgan fingerprint density at radius 2 is 1.90 bits per heavy atom. The second-order valence-corrected chi connectivity index (χ2v) is 12.7. The third-order valence-corrected chi connectivity index (χ3v) is 9.79. The van der Waals surface area contributed by atoms with Gasteiger partial charge in [-0.1, -0.05) is 23.7 Å². The topological polar surface area (TPSA) is 102 Å². The molecule has 212 valence electrons. The van der Waals surface area contributed by atoms with Crippen LogP contribution in [0.5, 0.6) is 0 Å². The fourth-order valence-electron chi connectivity index (χ4n) is 6.68. The van der Waals surface area contributed by atoms with Crippen LogP contribution in [-0.4, -0.2) is 68.0 Å². The normalized spacial score (nSPS) is 25.7. The average Bonchev–Trinajstić information content (AvgIpc) is 3.88. The van der Waals surface area contributed by atoms with E-state index in [1.165, 1.54) is 23.7 Å². The van der Waals surface area contributed by atoms with Crippen LogP contribution in [0.25, 0.3) is 16.7 Å². The second kappa shape index (κ2) is 9.69. The van der Waals surface area contributed by atoms with Crippen molar-refractivity contribution in [3.8, 4) is 5.69 Å². The average molecular weight is 566 g/mol. The van der Waals surface area contributed by atoms with Crippen LogP contribution in [0.2, 0.25) is 5.15 Å². The van der Waals surface area contributed by atoms with Crippen molar-refractivity contribution in [1.82, 2.24) is 24.3 Å². The molecule has 40 heavy (non-hydrogen) atoms. The van der Waals surface area contributed by atoms with E-state index in [1.54, 1.807) is 10.6 Å². The highest BCUT2D eigenvalue weighted by molar-refractivity contribution is 6.31. The molecule has 0 unspecified atom stereocenters. The lowest BCUT2D eigenvalue weighted by molar-refractivity contribution is -0.142. The van der Waals surface area contributed by atoms with E-state index in [0.29, 0.717) is 54.6 Å². The Kier molecular flexibility index (Phi) is 6.34. The van der Waals surface area contributed by atoms with Crippen LogP contribution in [0.15, 0.2) is 41.5 Å². The molecule has 1 amide bonds. The Labute approximate surface area is 238 Å². The number of halogens is 1. The van der Waals surface area contributed by atoms with E-state index in [2.05, 4.69) is 17.2 Å². The molecule has 4 aliphatic rings. The van der Waals surface area contributed by atoms with Gasteiger partial charge in [-0.25, -0.2) is 4.98 Å². The number of carbonyl (C=O) groups excluding carboxylic acids is 1. The molecule has 2 aliphatic carbocycles. The quantitative estimate of drug-likeness (QED) is 0.475. The van der Waals surface area contributed by atoms with E-state index in [0.717, 1.165) is 30.6 Å². The minimum atomic E-state index is -1.07. The SMILES string of the molecule is C[C@H]1CN[C@H](c2ccc(-n3c(Cl)cc4c(=O)n(CC5(O)CCN(C(=O)C6(C7CC7)CC6)CC5)cnc43)cc2)CO1. The number of hydrogen-bond donors (Lipinski definition) is 2. The van der Waals surface area contributed by atoms with Crippen molar-refractivity contribution in [1.29, 1.82) is 0 Å². The fourth-order valence-corrected chi connectivity index (χ4v) is 6.97. The van der Waals surface area contributed by atoms with Crippen LogP contribution in [-0.2, 0) is 16.1 Å². The van der Waals surface area contributed by atoms with Gasteiger partial charge in [-0.3, -0.25) is 18.7 Å². The fraction of sp³-hybridized carbons (Fsp3) is 0.567. The van der Waals surface area contributed by atoms with E-state index >= 15 is 0 Å². The molecule has 7 rings (SSSR count). The number of piperidine rings is 1. The standard InChI is InChI=1S/C30H36ClN5O4/c1-19-15-32-24(16-40-19)20-2-6-22(7-3-20)36-25(31)14-23-26(36)33-18-35(27(23)37)17-29(39)10-12-34(13-11-29)28(38)30(8-9-30)21-4-5-21/h2-3,6-7,14,18-19,21,24,32,39H,4-5,8-13,15-17H2,1H3/t19-,24-/m0/s1. The molecule has 0 bridgehead atoms.